The standard InChI is InChI=1S/C12H13N3O3/c1-2-3-4-7-13-12(18)15-9-5-6-10(11(16)17)14-8-9/h5-6,8H,4,7H2,1H3,(H,16,17)(H2,13,15,18). The molecule has 0 atom stereocenters. The molecule has 0 saturated carbocycles. The van der Waals surface area contributed by atoms with E-state index in [1.807, 2.05) is 0 Å². The van der Waals surface area contributed by atoms with Crippen LogP contribution in [-0.4, -0.2) is 28.6 Å². The smallest absolute Gasteiger partial charge is 0.354 e. The number of carbonyl (C=O) groups excluding carboxylic acids is 1. The van der Waals surface area contributed by atoms with E-state index in [-0.39, 0.29) is 11.7 Å². The molecule has 0 bridgehead atoms. The number of hydrogen-bond acceptors (Lipinski definition) is 3. The summed E-state index contributed by atoms with van der Waals surface area (Å²) in [5.74, 6) is 4.43. The van der Waals surface area contributed by atoms with Gasteiger partial charge in [0, 0.05) is 13.0 Å². The van der Waals surface area contributed by atoms with E-state index in [0.717, 1.165) is 0 Å². The Morgan fingerprint density at radius 3 is 2.78 bits per heavy atom. The van der Waals surface area contributed by atoms with Crippen molar-refractivity contribution in [2.45, 2.75) is 13.3 Å². The van der Waals surface area contributed by atoms with Gasteiger partial charge in [-0.2, -0.15) is 0 Å². The molecule has 94 valence electrons. The van der Waals surface area contributed by atoms with Crippen molar-refractivity contribution in [3.05, 3.63) is 24.0 Å². The van der Waals surface area contributed by atoms with Crippen LogP contribution in [0.5, 0.6) is 0 Å². The molecular formula is C12H13N3O3. The lowest BCUT2D eigenvalue weighted by Gasteiger charge is -2.05. The number of nitrogens with zero attached hydrogens (tertiary/aromatic N) is 1. The quantitative estimate of drug-likeness (QED) is 0.552. The van der Waals surface area contributed by atoms with E-state index < -0.39 is 5.97 Å². The van der Waals surface area contributed by atoms with Gasteiger partial charge in [0.15, 0.2) is 0 Å². The molecule has 1 aromatic heterocycles. The Kier molecular flexibility index (Phi) is 5.19. The maximum Gasteiger partial charge on any atom is 0.354 e. The first-order valence-corrected chi connectivity index (χ1v) is 5.27. The van der Waals surface area contributed by atoms with Gasteiger partial charge in [-0.15, -0.1) is 11.8 Å². The highest BCUT2D eigenvalue weighted by Crippen LogP contribution is 2.05. The Morgan fingerprint density at radius 2 is 2.22 bits per heavy atom. The van der Waals surface area contributed by atoms with Crippen molar-refractivity contribution < 1.29 is 14.7 Å². The van der Waals surface area contributed by atoms with Crippen LogP contribution in [-0.2, 0) is 0 Å². The van der Waals surface area contributed by atoms with E-state index in [1.165, 1.54) is 18.3 Å². The summed E-state index contributed by atoms with van der Waals surface area (Å²) >= 11 is 0. The monoisotopic (exact) mass is 247 g/mol. The molecule has 6 heteroatoms. The molecule has 1 aromatic rings. The predicted molar refractivity (Wildman–Crippen MR) is 66.3 cm³/mol. The number of aromatic carboxylic acids is 1. The summed E-state index contributed by atoms with van der Waals surface area (Å²) in [7, 11) is 0. The van der Waals surface area contributed by atoms with Gasteiger partial charge in [-0.1, -0.05) is 0 Å². The molecule has 0 aliphatic heterocycles. The second-order valence-electron chi connectivity index (χ2n) is 3.29. The number of pyridine rings is 1. The number of amides is 2. The molecule has 18 heavy (non-hydrogen) atoms. The van der Waals surface area contributed by atoms with Crippen LogP contribution in [0.1, 0.15) is 23.8 Å². The number of urea groups is 1. The molecular weight excluding hydrogens is 234 g/mol. The normalized spacial score (nSPS) is 8.94. The van der Waals surface area contributed by atoms with Crippen molar-refractivity contribution in [1.29, 1.82) is 0 Å². The lowest BCUT2D eigenvalue weighted by Crippen LogP contribution is -2.29. The number of aromatic nitrogens is 1. The molecule has 0 aromatic carbocycles. The highest BCUT2D eigenvalue weighted by atomic mass is 16.4. The van der Waals surface area contributed by atoms with Gasteiger partial charge in [-0.25, -0.2) is 14.6 Å². The SMILES string of the molecule is CC#CCCNC(=O)Nc1ccc(C(=O)O)nc1. The molecule has 0 unspecified atom stereocenters. The molecule has 1 rings (SSSR count). The molecule has 0 aliphatic rings. The van der Waals surface area contributed by atoms with E-state index in [4.69, 9.17) is 5.11 Å². The summed E-state index contributed by atoms with van der Waals surface area (Å²) in [4.78, 5) is 25.6. The first kappa shape index (κ1) is 13.5. The summed E-state index contributed by atoms with van der Waals surface area (Å²) in [6.45, 7) is 2.18. The number of carboxylic acid groups (broad SMARTS) is 1. The van der Waals surface area contributed by atoms with E-state index in [1.54, 1.807) is 6.92 Å². The molecule has 0 spiro atoms. The summed E-state index contributed by atoms with van der Waals surface area (Å²) < 4.78 is 0. The fraction of sp³-hybridized carbons (Fsp3) is 0.250. The van der Waals surface area contributed by atoms with Gasteiger partial charge >= 0.3 is 12.0 Å². The van der Waals surface area contributed by atoms with E-state index in [2.05, 4.69) is 27.5 Å². The zero-order valence-electron chi connectivity index (χ0n) is 9.86. The van der Waals surface area contributed by atoms with Crippen molar-refractivity contribution in [1.82, 2.24) is 10.3 Å². The number of carboxylic acids is 1. The van der Waals surface area contributed by atoms with E-state index >= 15 is 0 Å². The molecule has 0 aliphatic carbocycles. The third-order valence-corrected chi connectivity index (χ3v) is 1.95. The van der Waals surface area contributed by atoms with Gasteiger partial charge in [-0.05, 0) is 19.1 Å². The maximum atomic E-state index is 11.4. The van der Waals surface area contributed by atoms with Gasteiger partial charge in [0.25, 0.3) is 0 Å². The summed E-state index contributed by atoms with van der Waals surface area (Å²) in [6, 6.07) is 2.42. The van der Waals surface area contributed by atoms with Crippen LogP contribution in [0.2, 0.25) is 0 Å². The second kappa shape index (κ2) is 6.91. The van der Waals surface area contributed by atoms with Crippen molar-refractivity contribution in [3.63, 3.8) is 0 Å². The Bertz CT molecular complexity index is 486. The van der Waals surface area contributed by atoms with E-state index in [0.29, 0.717) is 18.7 Å². The van der Waals surface area contributed by atoms with Gasteiger partial charge in [-0.3, -0.25) is 0 Å². The van der Waals surface area contributed by atoms with Crippen LogP contribution < -0.4 is 10.6 Å². The Morgan fingerprint density at radius 1 is 1.44 bits per heavy atom. The second-order valence-corrected chi connectivity index (χ2v) is 3.29. The van der Waals surface area contributed by atoms with E-state index in [9.17, 15) is 9.59 Å². The van der Waals surface area contributed by atoms with Crippen LogP contribution in [0, 0.1) is 11.8 Å². The van der Waals surface area contributed by atoms with Crippen molar-refractivity contribution >= 4 is 17.7 Å². The predicted octanol–water partition coefficient (Wildman–Crippen LogP) is 1.31. The van der Waals surface area contributed by atoms with Gasteiger partial charge in [0.05, 0.1) is 11.9 Å². The first-order chi connectivity index (χ1) is 8.63. The number of rotatable bonds is 4. The minimum Gasteiger partial charge on any atom is -0.477 e. The fourth-order valence-corrected chi connectivity index (χ4v) is 1.13. The highest BCUT2D eigenvalue weighted by molar-refractivity contribution is 5.90. The molecule has 2 amide bonds. The maximum absolute atomic E-state index is 11.4. The topological polar surface area (TPSA) is 91.3 Å². The van der Waals surface area contributed by atoms with Crippen LogP contribution >= 0.6 is 0 Å². The number of carbonyl (C=O) groups is 2. The minimum absolute atomic E-state index is 0.0702. The van der Waals surface area contributed by atoms with Crippen LogP contribution in [0.4, 0.5) is 10.5 Å². The molecule has 1 heterocycles. The van der Waals surface area contributed by atoms with Gasteiger partial charge in [0.2, 0.25) is 0 Å². The van der Waals surface area contributed by atoms with Crippen molar-refractivity contribution in [3.8, 4) is 11.8 Å². The minimum atomic E-state index is -1.11. The third kappa shape index (κ3) is 4.53. The molecule has 3 N–H and O–H groups in total. The Hall–Kier alpha value is -2.55. The van der Waals surface area contributed by atoms with Crippen LogP contribution in [0.3, 0.4) is 0 Å². The number of hydrogen-bond donors (Lipinski definition) is 3. The van der Waals surface area contributed by atoms with Crippen molar-refractivity contribution in [2.24, 2.45) is 0 Å². The average Bonchev–Trinajstić information content (AvgIpc) is 2.35. The first-order valence-electron chi connectivity index (χ1n) is 5.27. The molecule has 0 saturated heterocycles. The third-order valence-electron chi connectivity index (χ3n) is 1.95. The fourth-order valence-electron chi connectivity index (χ4n) is 1.13. The lowest BCUT2D eigenvalue weighted by molar-refractivity contribution is 0.0690. The summed E-state index contributed by atoms with van der Waals surface area (Å²) in [5.41, 5.74) is 0.359. The highest BCUT2D eigenvalue weighted by Gasteiger charge is 2.05. The summed E-state index contributed by atoms with van der Waals surface area (Å²) in [6.07, 6.45) is 1.87. The largest absolute Gasteiger partial charge is 0.477 e. The van der Waals surface area contributed by atoms with Gasteiger partial charge in [0.1, 0.15) is 5.69 Å². The number of nitrogens with one attached hydrogen (secondary N) is 2. The van der Waals surface area contributed by atoms with Crippen LogP contribution in [0.15, 0.2) is 18.3 Å². The Balaban J connectivity index is 2.43. The number of anilines is 1. The van der Waals surface area contributed by atoms with Crippen molar-refractivity contribution in [2.75, 3.05) is 11.9 Å². The van der Waals surface area contributed by atoms with Crippen LogP contribution in [0.25, 0.3) is 0 Å². The molecule has 0 fully saturated rings. The average molecular weight is 247 g/mol. The zero-order valence-corrected chi connectivity index (χ0v) is 9.86. The zero-order chi connectivity index (χ0) is 13.4. The molecule has 6 nitrogen and oxygen atoms in total. The summed E-state index contributed by atoms with van der Waals surface area (Å²) in [5, 5.41) is 13.8. The Labute approximate surface area is 104 Å². The molecule has 0 radical (unpaired) electrons. The van der Waals surface area contributed by atoms with Gasteiger partial charge < -0.3 is 15.7 Å². The lowest BCUT2D eigenvalue weighted by atomic mass is 10.3.